The Kier molecular flexibility index (Phi) is 4.45. The number of aromatic carboxylic acids is 1. The third-order valence-electron chi connectivity index (χ3n) is 2.82. The van der Waals surface area contributed by atoms with Crippen LogP contribution in [0.1, 0.15) is 15.9 Å². The predicted octanol–water partition coefficient (Wildman–Crippen LogP) is 3.99. The van der Waals surface area contributed by atoms with Crippen LogP contribution < -0.4 is 10.6 Å². The van der Waals surface area contributed by atoms with Gasteiger partial charge in [-0.1, -0.05) is 17.7 Å². The van der Waals surface area contributed by atoms with Gasteiger partial charge >= 0.3 is 12.0 Å². The van der Waals surface area contributed by atoms with Crippen LogP contribution in [0.3, 0.4) is 0 Å². The van der Waals surface area contributed by atoms with Gasteiger partial charge in [0, 0.05) is 16.4 Å². The normalized spacial score (nSPS) is 10.0. The summed E-state index contributed by atoms with van der Waals surface area (Å²) < 4.78 is 0. The highest BCUT2D eigenvalue weighted by atomic mass is 35.5. The molecule has 108 valence electrons. The number of urea groups is 1. The van der Waals surface area contributed by atoms with E-state index < -0.39 is 12.0 Å². The second-order valence-electron chi connectivity index (χ2n) is 4.43. The van der Waals surface area contributed by atoms with Crippen LogP contribution in [-0.2, 0) is 0 Å². The minimum absolute atomic E-state index is 0.159. The summed E-state index contributed by atoms with van der Waals surface area (Å²) in [4.78, 5) is 22.5. The molecule has 21 heavy (non-hydrogen) atoms. The van der Waals surface area contributed by atoms with E-state index in [4.69, 9.17) is 16.7 Å². The number of aryl methyl sites for hydroxylation is 1. The molecule has 5 nitrogen and oxygen atoms in total. The van der Waals surface area contributed by atoms with Crippen molar-refractivity contribution in [2.24, 2.45) is 0 Å². The second kappa shape index (κ2) is 6.28. The minimum atomic E-state index is -1.01. The Morgan fingerprint density at radius 2 is 1.57 bits per heavy atom. The molecule has 0 heterocycles. The molecule has 2 aromatic rings. The van der Waals surface area contributed by atoms with E-state index in [1.165, 1.54) is 24.3 Å². The van der Waals surface area contributed by atoms with Crippen molar-refractivity contribution in [1.29, 1.82) is 0 Å². The first kappa shape index (κ1) is 14.9. The molecule has 0 fully saturated rings. The van der Waals surface area contributed by atoms with Crippen LogP contribution in [0.25, 0.3) is 0 Å². The largest absolute Gasteiger partial charge is 0.478 e. The lowest BCUT2D eigenvalue weighted by Crippen LogP contribution is -2.19. The molecule has 6 heteroatoms. The summed E-state index contributed by atoms with van der Waals surface area (Å²) in [5.41, 5.74) is 2.15. The number of carbonyl (C=O) groups excluding carboxylic acids is 1. The highest BCUT2D eigenvalue weighted by Gasteiger charge is 2.06. The van der Waals surface area contributed by atoms with Gasteiger partial charge in [0.15, 0.2) is 0 Å². The molecule has 0 aliphatic heterocycles. The average molecular weight is 305 g/mol. The van der Waals surface area contributed by atoms with Crippen molar-refractivity contribution in [1.82, 2.24) is 0 Å². The van der Waals surface area contributed by atoms with Crippen LogP contribution in [0.4, 0.5) is 16.2 Å². The van der Waals surface area contributed by atoms with E-state index in [2.05, 4.69) is 10.6 Å². The number of halogens is 1. The van der Waals surface area contributed by atoms with Gasteiger partial charge in [-0.25, -0.2) is 9.59 Å². The van der Waals surface area contributed by atoms with E-state index in [1.807, 2.05) is 6.92 Å². The van der Waals surface area contributed by atoms with Crippen molar-refractivity contribution < 1.29 is 14.7 Å². The number of carboxylic acids is 1. The molecule has 2 amide bonds. The number of nitrogens with one attached hydrogen (secondary N) is 2. The van der Waals surface area contributed by atoms with E-state index in [9.17, 15) is 9.59 Å². The first-order valence-electron chi connectivity index (χ1n) is 6.13. The van der Waals surface area contributed by atoms with Gasteiger partial charge in [-0.3, -0.25) is 0 Å². The van der Waals surface area contributed by atoms with Gasteiger partial charge in [0.25, 0.3) is 0 Å². The van der Waals surface area contributed by atoms with Gasteiger partial charge in [-0.05, 0) is 48.9 Å². The first-order chi connectivity index (χ1) is 9.95. The van der Waals surface area contributed by atoms with Crippen molar-refractivity contribution in [2.75, 3.05) is 10.6 Å². The Morgan fingerprint density at radius 1 is 1.00 bits per heavy atom. The second-order valence-corrected chi connectivity index (χ2v) is 4.83. The summed E-state index contributed by atoms with van der Waals surface area (Å²) in [7, 11) is 0. The molecule has 2 aromatic carbocycles. The smallest absolute Gasteiger partial charge is 0.335 e. The zero-order valence-corrected chi connectivity index (χ0v) is 11.9. The Balaban J connectivity index is 2.01. The Morgan fingerprint density at radius 3 is 2.14 bits per heavy atom. The maximum absolute atomic E-state index is 11.8. The van der Waals surface area contributed by atoms with Crippen molar-refractivity contribution in [2.45, 2.75) is 6.92 Å². The predicted molar refractivity (Wildman–Crippen MR) is 82.2 cm³/mol. The van der Waals surface area contributed by atoms with Crippen LogP contribution in [0, 0.1) is 6.92 Å². The monoisotopic (exact) mass is 304 g/mol. The molecule has 0 bridgehead atoms. The number of carbonyl (C=O) groups is 2. The average Bonchev–Trinajstić information content (AvgIpc) is 2.43. The Hall–Kier alpha value is -2.53. The lowest BCUT2D eigenvalue weighted by atomic mass is 10.2. The number of rotatable bonds is 3. The quantitative estimate of drug-likeness (QED) is 0.802. The van der Waals surface area contributed by atoms with E-state index in [-0.39, 0.29) is 5.56 Å². The maximum atomic E-state index is 11.8. The third-order valence-corrected chi connectivity index (χ3v) is 3.23. The van der Waals surface area contributed by atoms with Gasteiger partial charge in [-0.2, -0.15) is 0 Å². The zero-order chi connectivity index (χ0) is 15.4. The van der Waals surface area contributed by atoms with Gasteiger partial charge in [0.2, 0.25) is 0 Å². The van der Waals surface area contributed by atoms with E-state index in [0.717, 1.165) is 5.56 Å². The highest BCUT2D eigenvalue weighted by Crippen LogP contribution is 2.20. The lowest BCUT2D eigenvalue weighted by Gasteiger charge is -2.09. The molecule has 0 saturated heterocycles. The standard InChI is InChI=1S/C15H13ClN2O3/c1-9-2-5-12(8-13(9)16)18-15(21)17-11-6-3-10(4-7-11)14(19)20/h2-8H,1H3,(H,19,20)(H2,17,18,21). The van der Waals surface area contributed by atoms with E-state index in [0.29, 0.717) is 16.4 Å². The summed E-state index contributed by atoms with van der Waals surface area (Å²) in [6, 6.07) is 10.6. The molecule has 0 radical (unpaired) electrons. The molecule has 3 N–H and O–H groups in total. The van der Waals surface area contributed by atoms with Gasteiger partial charge in [0.05, 0.1) is 5.56 Å². The molecule has 2 rings (SSSR count). The van der Waals surface area contributed by atoms with Gasteiger partial charge in [-0.15, -0.1) is 0 Å². The number of benzene rings is 2. The number of anilines is 2. The topological polar surface area (TPSA) is 78.4 Å². The summed E-state index contributed by atoms with van der Waals surface area (Å²) in [5, 5.41) is 14.6. The summed E-state index contributed by atoms with van der Waals surface area (Å²) in [5.74, 6) is -1.01. The number of hydrogen-bond acceptors (Lipinski definition) is 2. The van der Waals surface area contributed by atoms with Crippen LogP contribution in [0.15, 0.2) is 42.5 Å². The fourth-order valence-corrected chi connectivity index (χ4v) is 1.84. The molecule has 0 aromatic heterocycles. The van der Waals surface area contributed by atoms with E-state index in [1.54, 1.807) is 18.2 Å². The molecule has 0 aliphatic rings. The fourth-order valence-electron chi connectivity index (χ4n) is 1.66. The minimum Gasteiger partial charge on any atom is -0.478 e. The van der Waals surface area contributed by atoms with Crippen molar-refractivity contribution in [3.05, 3.63) is 58.6 Å². The number of hydrogen-bond donors (Lipinski definition) is 3. The number of carboxylic acid groups (broad SMARTS) is 1. The maximum Gasteiger partial charge on any atom is 0.335 e. The molecule has 0 spiro atoms. The van der Waals surface area contributed by atoms with Gasteiger partial charge < -0.3 is 15.7 Å². The molecule has 0 atom stereocenters. The van der Waals surface area contributed by atoms with Crippen molar-refractivity contribution in [3.8, 4) is 0 Å². The van der Waals surface area contributed by atoms with Crippen molar-refractivity contribution in [3.63, 3.8) is 0 Å². The van der Waals surface area contributed by atoms with Crippen molar-refractivity contribution >= 4 is 35.0 Å². The third kappa shape index (κ3) is 3.97. The first-order valence-corrected chi connectivity index (χ1v) is 6.51. The Labute approximate surface area is 126 Å². The molecular formula is C15H13ClN2O3. The van der Waals surface area contributed by atoms with E-state index >= 15 is 0 Å². The van der Waals surface area contributed by atoms with Crippen LogP contribution in [0.2, 0.25) is 5.02 Å². The molecular weight excluding hydrogens is 292 g/mol. The fraction of sp³-hybridized carbons (Fsp3) is 0.0667. The molecule has 0 unspecified atom stereocenters. The zero-order valence-electron chi connectivity index (χ0n) is 11.2. The van der Waals surface area contributed by atoms with Gasteiger partial charge in [0.1, 0.15) is 0 Å². The van der Waals surface area contributed by atoms with Crippen LogP contribution >= 0.6 is 11.6 Å². The summed E-state index contributed by atoms with van der Waals surface area (Å²) in [6.07, 6.45) is 0. The highest BCUT2D eigenvalue weighted by molar-refractivity contribution is 6.31. The summed E-state index contributed by atoms with van der Waals surface area (Å²) in [6.45, 7) is 1.87. The number of amides is 2. The Bertz CT molecular complexity index is 684. The van der Waals surface area contributed by atoms with Crippen LogP contribution in [-0.4, -0.2) is 17.1 Å². The molecule has 0 aliphatic carbocycles. The molecule has 0 saturated carbocycles. The summed E-state index contributed by atoms with van der Waals surface area (Å²) >= 11 is 5.98. The SMILES string of the molecule is Cc1ccc(NC(=O)Nc2ccc(C(=O)O)cc2)cc1Cl. The lowest BCUT2D eigenvalue weighted by molar-refractivity contribution is 0.0697. The van der Waals surface area contributed by atoms with Crippen LogP contribution in [0.5, 0.6) is 0 Å².